The van der Waals surface area contributed by atoms with Gasteiger partial charge in [-0.3, -0.25) is 14.5 Å². The molecule has 0 radical (unpaired) electrons. The Kier molecular flexibility index (Phi) is 5.59. The van der Waals surface area contributed by atoms with Crippen LogP contribution in [-0.2, 0) is 30.5 Å². The second-order valence-corrected chi connectivity index (χ2v) is 6.85. The van der Waals surface area contributed by atoms with Gasteiger partial charge in [-0.25, -0.2) is 4.79 Å². The number of nitrogens with zero attached hydrogens (tertiary/aromatic N) is 1. The number of allylic oxidation sites excluding steroid dienone is 1. The number of carbonyl (C=O) groups is 3. The molecule has 0 aliphatic carbocycles. The minimum Gasteiger partial charge on any atom is -0.469 e. The minimum absolute atomic E-state index is 0.0408. The van der Waals surface area contributed by atoms with Crippen LogP contribution in [0.25, 0.3) is 5.57 Å². The van der Waals surface area contributed by atoms with Gasteiger partial charge in [-0.05, 0) is 25.0 Å². The summed E-state index contributed by atoms with van der Waals surface area (Å²) in [7, 11) is 0. The van der Waals surface area contributed by atoms with Gasteiger partial charge >= 0.3 is 5.97 Å². The highest BCUT2D eigenvalue weighted by Crippen LogP contribution is 2.30. The molecule has 6 heteroatoms. The van der Waals surface area contributed by atoms with Crippen LogP contribution in [0, 0.1) is 0 Å². The van der Waals surface area contributed by atoms with E-state index in [1.807, 2.05) is 36.4 Å². The highest BCUT2D eigenvalue weighted by Gasteiger charge is 2.44. The van der Waals surface area contributed by atoms with Gasteiger partial charge in [0, 0.05) is 0 Å². The molecule has 0 bridgehead atoms. The van der Waals surface area contributed by atoms with E-state index in [1.165, 1.54) is 4.90 Å². The summed E-state index contributed by atoms with van der Waals surface area (Å²) in [6, 6.07) is 18.0. The maximum atomic E-state index is 13.1. The number of carbonyl (C=O) groups excluding carboxylic acids is 3. The summed E-state index contributed by atoms with van der Waals surface area (Å²) in [6.45, 7) is 3.08. The predicted molar refractivity (Wildman–Crippen MR) is 103 cm³/mol. The van der Waals surface area contributed by atoms with Crippen LogP contribution in [0.5, 0.6) is 0 Å². The number of ether oxygens (including phenoxy) is 2. The van der Waals surface area contributed by atoms with Gasteiger partial charge < -0.3 is 9.47 Å². The molecule has 1 aliphatic heterocycles. The molecule has 1 heterocycles. The van der Waals surface area contributed by atoms with Crippen LogP contribution in [0.2, 0.25) is 0 Å². The molecule has 2 aromatic rings. The zero-order chi connectivity index (χ0) is 20.1. The van der Waals surface area contributed by atoms with Crippen LogP contribution >= 0.6 is 0 Å². The first-order chi connectivity index (χ1) is 13.4. The Labute approximate surface area is 163 Å². The van der Waals surface area contributed by atoms with Gasteiger partial charge in [-0.1, -0.05) is 60.7 Å². The average molecular weight is 379 g/mol. The summed E-state index contributed by atoms with van der Waals surface area (Å²) >= 11 is 0. The van der Waals surface area contributed by atoms with Crippen molar-refractivity contribution in [2.24, 2.45) is 0 Å². The molecule has 0 atom stereocenters. The second-order valence-electron chi connectivity index (χ2n) is 6.85. The topological polar surface area (TPSA) is 72.9 Å². The average Bonchev–Trinajstić information content (AvgIpc) is 2.72. The molecule has 0 fully saturated rings. The molecule has 0 unspecified atom stereocenters. The summed E-state index contributed by atoms with van der Waals surface area (Å²) in [5.41, 5.74) is 0.250. The molecule has 0 spiro atoms. The molecule has 1 aliphatic rings. The molecule has 0 aromatic heterocycles. The van der Waals surface area contributed by atoms with Gasteiger partial charge in [0.1, 0.15) is 12.1 Å². The smallest absolute Gasteiger partial charge is 0.331 e. The van der Waals surface area contributed by atoms with Crippen LogP contribution < -0.4 is 0 Å². The van der Waals surface area contributed by atoms with E-state index in [0.29, 0.717) is 11.8 Å². The lowest BCUT2D eigenvalue weighted by Gasteiger charge is -2.39. The molecule has 28 heavy (non-hydrogen) atoms. The van der Waals surface area contributed by atoms with Crippen molar-refractivity contribution in [1.82, 2.24) is 4.90 Å². The number of benzene rings is 2. The Morgan fingerprint density at radius 1 is 1.11 bits per heavy atom. The molecule has 0 saturated carbocycles. The number of amides is 1. The normalized spacial score (nSPS) is 14.5. The van der Waals surface area contributed by atoms with E-state index in [-0.39, 0.29) is 24.7 Å². The van der Waals surface area contributed by atoms with Gasteiger partial charge in [-0.15, -0.1) is 0 Å². The SMILES string of the molecule is CC(C)(C(=O)OCc1ccccc1)N1COC(C=O)=C(c2ccccc2)C1=O. The molecule has 3 rings (SSSR count). The number of hydrogen-bond acceptors (Lipinski definition) is 5. The molecular formula is C22H21NO5. The van der Waals surface area contributed by atoms with Crippen LogP contribution in [0.3, 0.4) is 0 Å². The Balaban J connectivity index is 1.82. The van der Waals surface area contributed by atoms with E-state index in [4.69, 9.17) is 9.47 Å². The maximum Gasteiger partial charge on any atom is 0.331 e. The van der Waals surface area contributed by atoms with Gasteiger partial charge in [0.25, 0.3) is 5.91 Å². The zero-order valence-corrected chi connectivity index (χ0v) is 15.8. The van der Waals surface area contributed by atoms with Gasteiger partial charge in [0.15, 0.2) is 18.8 Å². The number of aldehydes is 1. The molecule has 0 saturated heterocycles. The highest BCUT2D eigenvalue weighted by atomic mass is 16.5. The van der Waals surface area contributed by atoms with E-state index in [0.717, 1.165) is 5.56 Å². The van der Waals surface area contributed by atoms with Crippen molar-refractivity contribution in [3.8, 4) is 0 Å². The van der Waals surface area contributed by atoms with Crippen LogP contribution in [0.15, 0.2) is 66.4 Å². The minimum atomic E-state index is -1.28. The molecule has 2 aromatic carbocycles. The Bertz CT molecular complexity index is 903. The third-order valence-electron chi connectivity index (χ3n) is 4.61. The summed E-state index contributed by atoms with van der Waals surface area (Å²) in [4.78, 5) is 38.5. The van der Waals surface area contributed by atoms with Crippen molar-refractivity contribution in [1.29, 1.82) is 0 Å². The first-order valence-electron chi connectivity index (χ1n) is 8.86. The first kappa shape index (κ1) is 19.4. The van der Waals surface area contributed by atoms with Crippen LogP contribution in [0.1, 0.15) is 25.0 Å². The predicted octanol–water partition coefficient (Wildman–Crippen LogP) is 2.93. The van der Waals surface area contributed by atoms with Crippen molar-refractivity contribution in [3.63, 3.8) is 0 Å². The standard InChI is InChI=1S/C22H21NO5/c1-22(2,21(26)27-14-16-9-5-3-6-10-16)23-15-28-18(13-24)19(20(23)25)17-11-7-4-8-12-17/h3-13H,14-15H2,1-2H3. The second kappa shape index (κ2) is 8.08. The monoisotopic (exact) mass is 379 g/mol. The van der Waals surface area contributed by atoms with Crippen LogP contribution in [-0.4, -0.2) is 35.3 Å². The van der Waals surface area contributed by atoms with E-state index in [2.05, 4.69) is 0 Å². The van der Waals surface area contributed by atoms with Crippen LogP contribution in [0.4, 0.5) is 0 Å². The summed E-state index contributed by atoms with van der Waals surface area (Å²) in [5.74, 6) is -1.06. The fourth-order valence-electron chi connectivity index (χ4n) is 2.89. The molecule has 6 nitrogen and oxygen atoms in total. The summed E-state index contributed by atoms with van der Waals surface area (Å²) < 4.78 is 10.9. The Hall–Kier alpha value is -3.41. The third kappa shape index (κ3) is 3.81. The summed E-state index contributed by atoms with van der Waals surface area (Å²) in [6.07, 6.45) is 0.512. The fourth-order valence-corrected chi connectivity index (χ4v) is 2.89. The Morgan fingerprint density at radius 3 is 2.32 bits per heavy atom. The van der Waals surface area contributed by atoms with E-state index in [9.17, 15) is 14.4 Å². The summed E-state index contributed by atoms with van der Waals surface area (Å²) in [5, 5.41) is 0. The van der Waals surface area contributed by atoms with Crippen molar-refractivity contribution in [2.45, 2.75) is 26.0 Å². The van der Waals surface area contributed by atoms with E-state index >= 15 is 0 Å². The lowest BCUT2D eigenvalue weighted by molar-refractivity contribution is -0.166. The molecular weight excluding hydrogens is 358 g/mol. The van der Waals surface area contributed by atoms with Crippen molar-refractivity contribution >= 4 is 23.7 Å². The molecule has 0 N–H and O–H groups in total. The highest BCUT2D eigenvalue weighted by molar-refractivity contribution is 6.24. The molecule has 1 amide bonds. The molecule has 144 valence electrons. The van der Waals surface area contributed by atoms with Crippen molar-refractivity contribution in [2.75, 3.05) is 6.73 Å². The van der Waals surface area contributed by atoms with Gasteiger partial charge in [0.2, 0.25) is 0 Å². The lowest BCUT2D eigenvalue weighted by Crippen LogP contribution is -2.56. The first-order valence-corrected chi connectivity index (χ1v) is 8.86. The fraction of sp³-hybridized carbons (Fsp3) is 0.227. The number of hydrogen-bond donors (Lipinski definition) is 0. The largest absolute Gasteiger partial charge is 0.469 e. The van der Waals surface area contributed by atoms with Gasteiger partial charge in [0.05, 0.1) is 5.57 Å². The van der Waals surface area contributed by atoms with Crippen molar-refractivity contribution < 1.29 is 23.9 Å². The van der Waals surface area contributed by atoms with Crippen molar-refractivity contribution in [3.05, 3.63) is 77.5 Å². The number of rotatable bonds is 6. The van der Waals surface area contributed by atoms with Gasteiger partial charge in [-0.2, -0.15) is 0 Å². The maximum absolute atomic E-state index is 13.1. The quantitative estimate of drug-likeness (QED) is 0.570. The zero-order valence-electron chi connectivity index (χ0n) is 15.8. The third-order valence-corrected chi connectivity index (χ3v) is 4.61. The number of esters is 1. The Morgan fingerprint density at radius 2 is 1.71 bits per heavy atom. The van der Waals surface area contributed by atoms with E-state index < -0.39 is 17.4 Å². The lowest BCUT2D eigenvalue weighted by atomic mass is 9.97. The van der Waals surface area contributed by atoms with E-state index in [1.54, 1.807) is 38.1 Å².